The fraction of sp³-hybridized carbons (Fsp3) is 0.0500. The number of para-hydroxylation sites is 4. The maximum Gasteiger partial charge on any atom is 0.133 e. The maximum absolute atomic E-state index is 6.57. The fourth-order valence-corrected chi connectivity index (χ4v) is 3.14. The van der Waals surface area contributed by atoms with E-state index in [2.05, 4.69) is 11.7 Å². The Morgan fingerprint density at radius 2 is 1.38 bits per heavy atom. The van der Waals surface area contributed by atoms with Gasteiger partial charge in [0.1, 0.15) is 17.5 Å². The Morgan fingerprint density at radius 1 is 0.833 bits per heavy atom. The summed E-state index contributed by atoms with van der Waals surface area (Å²) in [7, 11) is 0. The summed E-state index contributed by atoms with van der Waals surface area (Å²) < 4.78 is 6.03. The molecule has 0 spiro atoms. The number of hydrogen-bond acceptors (Lipinski definition) is 4. The van der Waals surface area contributed by atoms with Crippen LogP contribution >= 0.6 is 0 Å². The lowest BCUT2D eigenvalue weighted by Crippen LogP contribution is -2.37. The number of ether oxygens (including phenoxy) is 1. The standard InChI is InChI=1S/C20H17N3O/c1-22-16-10-4-5-11-17(16)23(21)20-14-8-2-6-12-18(14)24-19-13-7-3-9-15(19)20/h2-13,20H,1,21H2. The third kappa shape index (κ3) is 2.25. The van der Waals surface area contributed by atoms with Gasteiger partial charge in [-0.05, 0) is 31.0 Å². The number of hydrogen-bond donors (Lipinski definition) is 1. The van der Waals surface area contributed by atoms with Gasteiger partial charge in [-0.25, -0.2) is 5.84 Å². The van der Waals surface area contributed by atoms with Crippen LogP contribution in [0, 0.1) is 0 Å². The van der Waals surface area contributed by atoms with Crippen molar-refractivity contribution in [2.75, 3.05) is 5.01 Å². The van der Waals surface area contributed by atoms with Crippen molar-refractivity contribution in [2.45, 2.75) is 6.04 Å². The van der Waals surface area contributed by atoms with Crippen LogP contribution in [0.15, 0.2) is 77.8 Å². The molecule has 0 unspecified atom stereocenters. The molecule has 2 N–H and O–H groups in total. The van der Waals surface area contributed by atoms with Crippen molar-refractivity contribution in [3.05, 3.63) is 83.9 Å². The molecule has 0 saturated carbocycles. The number of nitrogens with two attached hydrogens (primary N) is 1. The molecule has 0 atom stereocenters. The summed E-state index contributed by atoms with van der Waals surface area (Å²) >= 11 is 0. The Balaban J connectivity index is 1.90. The van der Waals surface area contributed by atoms with Gasteiger partial charge in [0.15, 0.2) is 0 Å². The summed E-state index contributed by atoms with van der Waals surface area (Å²) in [6.45, 7) is 3.65. The van der Waals surface area contributed by atoms with Gasteiger partial charge in [0, 0.05) is 11.1 Å². The van der Waals surface area contributed by atoms with Crippen molar-refractivity contribution >= 4 is 18.1 Å². The molecule has 0 saturated heterocycles. The average Bonchev–Trinajstić information content (AvgIpc) is 2.65. The van der Waals surface area contributed by atoms with E-state index in [1.165, 1.54) is 0 Å². The molecule has 118 valence electrons. The first-order valence-corrected chi connectivity index (χ1v) is 7.75. The second-order valence-electron chi connectivity index (χ2n) is 5.63. The van der Waals surface area contributed by atoms with Crippen molar-refractivity contribution in [2.24, 2.45) is 10.8 Å². The molecule has 3 aromatic carbocycles. The molecule has 0 fully saturated rings. The Bertz CT molecular complexity index is 861. The van der Waals surface area contributed by atoms with Crippen LogP contribution in [0.25, 0.3) is 0 Å². The molecule has 0 aromatic heterocycles. The summed E-state index contributed by atoms with van der Waals surface area (Å²) in [5.74, 6) is 8.21. The molecule has 1 aliphatic rings. The van der Waals surface area contributed by atoms with Gasteiger partial charge in [-0.15, -0.1) is 0 Å². The van der Waals surface area contributed by atoms with E-state index in [-0.39, 0.29) is 6.04 Å². The van der Waals surface area contributed by atoms with Gasteiger partial charge in [-0.2, -0.15) is 0 Å². The van der Waals surface area contributed by atoms with Crippen LogP contribution in [0.1, 0.15) is 17.2 Å². The molecule has 1 aliphatic heterocycles. The number of aliphatic imine (C=N–C) groups is 1. The lowest BCUT2D eigenvalue weighted by atomic mass is 9.93. The zero-order chi connectivity index (χ0) is 16.5. The van der Waals surface area contributed by atoms with E-state index in [1.54, 1.807) is 5.01 Å². The van der Waals surface area contributed by atoms with Crippen LogP contribution in [-0.2, 0) is 0 Å². The number of benzene rings is 3. The Morgan fingerprint density at radius 3 is 2.00 bits per heavy atom. The minimum atomic E-state index is -0.158. The molecule has 1 heterocycles. The zero-order valence-corrected chi connectivity index (χ0v) is 13.1. The fourth-order valence-electron chi connectivity index (χ4n) is 3.14. The van der Waals surface area contributed by atoms with E-state index >= 15 is 0 Å². The van der Waals surface area contributed by atoms with Gasteiger partial charge in [-0.3, -0.25) is 10.0 Å². The highest BCUT2D eigenvalue weighted by Crippen LogP contribution is 2.46. The molecule has 0 amide bonds. The normalized spacial score (nSPS) is 12.7. The van der Waals surface area contributed by atoms with Crippen LogP contribution in [-0.4, -0.2) is 6.72 Å². The summed E-state index contributed by atoms with van der Waals surface area (Å²) in [6, 6.07) is 23.5. The predicted octanol–water partition coefficient (Wildman–Crippen LogP) is 4.59. The van der Waals surface area contributed by atoms with E-state index in [9.17, 15) is 0 Å². The summed E-state index contributed by atoms with van der Waals surface area (Å²) in [4.78, 5) is 4.10. The second kappa shape index (κ2) is 5.83. The first-order chi connectivity index (χ1) is 11.8. The quantitative estimate of drug-likeness (QED) is 0.437. The van der Waals surface area contributed by atoms with Gasteiger partial charge in [0.05, 0.1) is 11.4 Å². The van der Waals surface area contributed by atoms with E-state index in [4.69, 9.17) is 10.6 Å². The van der Waals surface area contributed by atoms with Gasteiger partial charge >= 0.3 is 0 Å². The molecule has 4 nitrogen and oxygen atoms in total. The molecule has 4 rings (SSSR count). The molecule has 0 radical (unpaired) electrons. The Kier molecular flexibility index (Phi) is 3.52. The maximum atomic E-state index is 6.57. The van der Waals surface area contributed by atoms with Crippen molar-refractivity contribution in [3.8, 4) is 11.5 Å². The van der Waals surface area contributed by atoms with Crippen LogP contribution in [0.4, 0.5) is 11.4 Å². The third-order valence-electron chi connectivity index (χ3n) is 4.26. The molecule has 24 heavy (non-hydrogen) atoms. The smallest absolute Gasteiger partial charge is 0.133 e. The summed E-state index contributed by atoms with van der Waals surface area (Å²) in [6.07, 6.45) is 0. The van der Waals surface area contributed by atoms with Crippen molar-refractivity contribution in [1.29, 1.82) is 0 Å². The van der Waals surface area contributed by atoms with Gasteiger partial charge in [0.2, 0.25) is 0 Å². The highest BCUT2D eigenvalue weighted by molar-refractivity contribution is 5.71. The number of hydrazine groups is 1. The van der Waals surface area contributed by atoms with E-state index in [0.717, 1.165) is 34.0 Å². The van der Waals surface area contributed by atoms with Gasteiger partial charge in [0.25, 0.3) is 0 Å². The summed E-state index contributed by atoms with van der Waals surface area (Å²) in [5.41, 5.74) is 3.63. The monoisotopic (exact) mass is 315 g/mol. The zero-order valence-electron chi connectivity index (χ0n) is 13.1. The largest absolute Gasteiger partial charge is 0.457 e. The van der Waals surface area contributed by atoms with E-state index < -0.39 is 0 Å². The first kappa shape index (κ1) is 14.5. The average molecular weight is 315 g/mol. The van der Waals surface area contributed by atoms with Crippen molar-refractivity contribution < 1.29 is 4.74 Å². The predicted molar refractivity (Wildman–Crippen MR) is 97.1 cm³/mol. The SMILES string of the molecule is C=Nc1ccccc1N(N)C1c2ccccc2Oc2ccccc21. The van der Waals surface area contributed by atoms with Crippen molar-refractivity contribution in [3.63, 3.8) is 0 Å². The molecular formula is C20H17N3O. The van der Waals surface area contributed by atoms with Gasteiger partial charge < -0.3 is 4.74 Å². The minimum absolute atomic E-state index is 0.158. The van der Waals surface area contributed by atoms with Crippen LogP contribution in [0.5, 0.6) is 11.5 Å². The van der Waals surface area contributed by atoms with Crippen LogP contribution in [0.2, 0.25) is 0 Å². The van der Waals surface area contributed by atoms with Gasteiger partial charge in [-0.1, -0.05) is 48.5 Å². The highest BCUT2D eigenvalue weighted by Gasteiger charge is 2.31. The molecule has 0 aliphatic carbocycles. The van der Waals surface area contributed by atoms with Crippen molar-refractivity contribution in [1.82, 2.24) is 0 Å². The first-order valence-electron chi connectivity index (χ1n) is 7.75. The minimum Gasteiger partial charge on any atom is -0.457 e. The number of anilines is 1. The molecular weight excluding hydrogens is 298 g/mol. The van der Waals surface area contributed by atoms with Crippen LogP contribution in [0.3, 0.4) is 0 Å². The highest BCUT2D eigenvalue weighted by atomic mass is 16.5. The summed E-state index contributed by atoms with van der Waals surface area (Å²) in [5, 5.41) is 1.74. The second-order valence-corrected chi connectivity index (χ2v) is 5.63. The topological polar surface area (TPSA) is 50.8 Å². The lowest BCUT2D eigenvalue weighted by molar-refractivity contribution is 0.442. The molecule has 0 bridgehead atoms. The van der Waals surface area contributed by atoms with E-state index in [1.807, 2.05) is 72.8 Å². The molecule has 4 heteroatoms. The Labute approximate surface area is 140 Å². The van der Waals surface area contributed by atoms with Crippen LogP contribution < -0.4 is 15.6 Å². The number of nitrogens with zero attached hydrogens (tertiary/aromatic N) is 2. The number of fused-ring (bicyclic) bond motifs is 2. The lowest BCUT2D eigenvalue weighted by Gasteiger charge is -2.35. The van der Waals surface area contributed by atoms with E-state index in [0.29, 0.717) is 0 Å². The number of rotatable bonds is 3. The third-order valence-corrected chi connectivity index (χ3v) is 4.26. The molecule has 3 aromatic rings. The Hall–Kier alpha value is -3.11.